The number of carboxylic acids is 1. The molecular formula is C31H43NO3. The Bertz CT molecular complexity index is 1000. The molecule has 3 fully saturated rings. The molecule has 190 valence electrons. The Morgan fingerprint density at radius 2 is 1.66 bits per heavy atom. The number of anilines is 1. The lowest BCUT2D eigenvalue weighted by molar-refractivity contribution is -0.137. The number of carboxylic acid groups (broad SMARTS) is 1. The Balaban J connectivity index is 1.44. The van der Waals surface area contributed by atoms with Crippen molar-refractivity contribution in [2.45, 2.75) is 103 Å². The minimum absolute atomic E-state index is 0.212. The van der Waals surface area contributed by atoms with Crippen molar-refractivity contribution in [2.24, 2.45) is 5.41 Å². The number of unbranched alkanes of at least 4 members (excludes halogenated alkanes) is 2. The van der Waals surface area contributed by atoms with E-state index in [1.807, 2.05) is 32.0 Å². The number of carbonyl (C=O) groups is 1. The zero-order valence-electron chi connectivity index (χ0n) is 22.8. The van der Waals surface area contributed by atoms with Gasteiger partial charge in [-0.3, -0.25) is 4.79 Å². The van der Waals surface area contributed by atoms with E-state index in [1.54, 1.807) is 0 Å². The number of nitrogens with zero attached hydrogens (tertiary/aromatic N) is 1. The van der Waals surface area contributed by atoms with E-state index in [9.17, 15) is 4.79 Å². The Morgan fingerprint density at radius 1 is 1.00 bits per heavy atom. The van der Waals surface area contributed by atoms with E-state index in [0.29, 0.717) is 30.4 Å². The van der Waals surface area contributed by atoms with Crippen molar-refractivity contribution in [1.82, 2.24) is 0 Å². The van der Waals surface area contributed by atoms with Crippen LogP contribution < -0.4 is 9.64 Å². The zero-order valence-corrected chi connectivity index (χ0v) is 21.8. The predicted molar refractivity (Wildman–Crippen MR) is 143 cm³/mol. The summed E-state index contributed by atoms with van der Waals surface area (Å²) in [5.41, 5.74) is 4.52. The number of para-hydroxylation sites is 1. The van der Waals surface area contributed by atoms with Crippen LogP contribution in [0.1, 0.15) is 97.5 Å². The molecule has 2 aromatic carbocycles. The van der Waals surface area contributed by atoms with Gasteiger partial charge in [-0.2, -0.15) is 0 Å². The molecule has 0 aromatic heterocycles. The van der Waals surface area contributed by atoms with Crippen LogP contribution in [0.15, 0.2) is 48.5 Å². The summed E-state index contributed by atoms with van der Waals surface area (Å²) >= 11 is 0. The Labute approximate surface area is 213 Å². The molecule has 1 N–H and O–H groups in total. The maximum atomic E-state index is 10.7. The van der Waals surface area contributed by atoms with E-state index in [0.717, 1.165) is 29.8 Å². The summed E-state index contributed by atoms with van der Waals surface area (Å²) < 4.78 is 15.0. The molecule has 0 spiro atoms. The summed E-state index contributed by atoms with van der Waals surface area (Å²) in [4.78, 5) is 12.8. The molecule has 35 heavy (non-hydrogen) atoms. The summed E-state index contributed by atoms with van der Waals surface area (Å²) in [5.74, 6) is 0.0977. The third-order valence-corrected chi connectivity index (χ3v) is 8.55. The molecule has 5 rings (SSSR count). The van der Waals surface area contributed by atoms with Crippen LogP contribution in [0, 0.1) is 5.41 Å². The van der Waals surface area contributed by atoms with Crippen LogP contribution in [0.5, 0.6) is 5.75 Å². The summed E-state index contributed by atoms with van der Waals surface area (Å²) in [6.45, 7) is 7.50. The van der Waals surface area contributed by atoms with Crippen LogP contribution in [0.3, 0.4) is 0 Å². The summed E-state index contributed by atoms with van der Waals surface area (Å²) in [7, 11) is 0. The number of hydrogen-bond acceptors (Lipinski definition) is 3. The fourth-order valence-corrected chi connectivity index (χ4v) is 5.99. The number of hydrogen-bond donors (Lipinski definition) is 1. The van der Waals surface area contributed by atoms with E-state index in [1.165, 1.54) is 44.1 Å². The van der Waals surface area contributed by atoms with Gasteiger partial charge in [-0.15, -0.1) is 0 Å². The van der Waals surface area contributed by atoms with Crippen LogP contribution >= 0.6 is 0 Å². The van der Waals surface area contributed by atoms with E-state index >= 15 is 0 Å². The summed E-state index contributed by atoms with van der Waals surface area (Å²) in [5, 5.41) is 8.79. The average molecular weight is 479 g/mol. The fraction of sp³-hybridized carbons (Fsp3) is 0.581. The SMILES string of the molecule is [2H]C(C)(C)N(Cc1ccccc1OCCCCCC(=O)O)c1ccc(C23CCC(C)(CC2)CC3)cc1. The smallest absolute Gasteiger partial charge is 0.303 e. The number of benzene rings is 2. The molecule has 3 saturated carbocycles. The first-order chi connectivity index (χ1) is 17.1. The van der Waals surface area contributed by atoms with Gasteiger partial charge in [-0.1, -0.05) is 37.3 Å². The van der Waals surface area contributed by atoms with Crippen molar-refractivity contribution in [1.29, 1.82) is 0 Å². The number of fused-ring (bicyclic) bond motifs is 3. The monoisotopic (exact) mass is 478 g/mol. The molecule has 0 radical (unpaired) electrons. The lowest BCUT2D eigenvalue weighted by atomic mass is 9.52. The largest absolute Gasteiger partial charge is 0.493 e. The van der Waals surface area contributed by atoms with Crippen molar-refractivity contribution < 1.29 is 16.0 Å². The third-order valence-electron chi connectivity index (χ3n) is 8.55. The highest BCUT2D eigenvalue weighted by Gasteiger charge is 2.46. The molecule has 3 aliphatic rings. The van der Waals surface area contributed by atoms with Gasteiger partial charge in [0, 0.05) is 30.2 Å². The van der Waals surface area contributed by atoms with Crippen molar-refractivity contribution >= 4 is 11.7 Å². The van der Waals surface area contributed by atoms with E-state index in [2.05, 4.69) is 42.2 Å². The normalized spacial score (nSPS) is 24.1. The van der Waals surface area contributed by atoms with Gasteiger partial charge in [0.15, 0.2) is 0 Å². The third kappa shape index (κ3) is 6.20. The van der Waals surface area contributed by atoms with Gasteiger partial charge in [0.25, 0.3) is 0 Å². The van der Waals surface area contributed by atoms with Crippen molar-refractivity contribution in [3.63, 3.8) is 0 Å². The van der Waals surface area contributed by atoms with Crippen LogP contribution in [0.2, 0.25) is 0 Å². The topological polar surface area (TPSA) is 49.8 Å². The van der Waals surface area contributed by atoms with Crippen LogP contribution in [0.4, 0.5) is 5.69 Å². The summed E-state index contributed by atoms with van der Waals surface area (Å²) in [6, 6.07) is 16.4. The first-order valence-corrected chi connectivity index (χ1v) is 13.4. The summed E-state index contributed by atoms with van der Waals surface area (Å²) in [6.07, 6.45) is 10.5. The van der Waals surface area contributed by atoms with Gasteiger partial charge in [0.05, 0.1) is 7.98 Å². The molecule has 4 heteroatoms. The Kier molecular flexibility index (Phi) is 7.65. The second kappa shape index (κ2) is 11.1. The quantitative estimate of drug-likeness (QED) is 0.317. The minimum atomic E-state index is -0.790. The van der Waals surface area contributed by atoms with Crippen molar-refractivity contribution in [2.75, 3.05) is 11.5 Å². The molecular weight excluding hydrogens is 434 g/mol. The Morgan fingerprint density at radius 3 is 2.29 bits per heavy atom. The van der Waals surface area contributed by atoms with E-state index < -0.39 is 12.0 Å². The fourth-order valence-electron chi connectivity index (χ4n) is 5.99. The second-order valence-corrected chi connectivity index (χ2v) is 11.3. The second-order valence-electron chi connectivity index (χ2n) is 11.3. The van der Waals surface area contributed by atoms with Crippen LogP contribution in [-0.2, 0) is 16.8 Å². The number of ether oxygens (including phenoxy) is 1. The molecule has 4 nitrogen and oxygen atoms in total. The van der Waals surface area contributed by atoms with Gasteiger partial charge in [-0.05, 0) is 106 Å². The number of rotatable bonds is 12. The lowest BCUT2D eigenvalue weighted by Crippen LogP contribution is -2.42. The number of aliphatic carboxylic acids is 1. The maximum absolute atomic E-state index is 10.7. The average Bonchev–Trinajstić information content (AvgIpc) is 2.85. The predicted octanol–water partition coefficient (Wildman–Crippen LogP) is 7.74. The highest BCUT2D eigenvalue weighted by molar-refractivity contribution is 5.66. The molecule has 0 heterocycles. The van der Waals surface area contributed by atoms with Crippen molar-refractivity contribution in [3.8, 4) is 5.75 Å². The first kappa shape index (κ1) is 24.2. The first-order valence-electron chi connectivity index (χ1n) is 13.9. The van der Waals surface area contributed by atoms with Crippen LogP contribution in [-0.4, -0.2) is 23.7 Å². The molecule has 0 amide bonds. The van der Waals surface area contributed by atoms with E-state index in [4.69, 9.17) is 11.2 Å². The van der Waals surface area contributed by atoms with Gasteiger partial charge < -0.3 is 14.7 Å². The molecule has 0 aliphatic heterocycles. The van der Waals surface area contributed by atoms with Gasteiger partial charge in [0.1, 0.15) is 5.75 Å². The highest BCUT2D eigenvalue weighted by Crippen LogP contribution is 2.57. The van der Waals surface area contributed by atoms with Gasteiger partial charge in [0.2, 0.25) is 0 Å². The minimum Gasteiger partial charge on any atom is -0.493 e. The standard InChI is InChI=1S/C31H43NO3/c1-24(2)32(23-25-9-6-7-10-28(25)35-22-8-4-5-11-29(33)34)27-14-12-26(13-15-27)31-19-16-30(3,17-20-31)18-21-31/h6-7,9-10,12-15,24H,4-5,8,11,16-23H2,1-3H3,(H,33,34)/i24D. The molecule has 0 atom stereocenters. The lowest BCUT2D eigenvalue weighted by Gasteiger charge is -2.52. The van der Waals surface area contributed by atoms with Gasteiger partial charge >= 0.3 is 5.97 Å². The molecule has 0 saturated heterocycles. The maximum Gasteiger partial charge on any atom is 0.303 e. The molecule has 3 aliphatic carbocycles. The molecule has 0 unspecified atom stereocenters. The molecule has 2 bridgehead atoms. The van der Waals surface area contributed by atoms with Gasteiger partial charge in [-0.25, -0.2) is 0 Å². The van der Waals surface area contributed by atoms with E-state index in [-0.39, 0.29) is 6.42 Å². The van der Waals surface area contributed by atoms with Crippen LogP contribution in [0.25, 0.3) is 0 Å². The zero-order chi connectivity index (χ0) is 25.8. The molecule has 2 aromatic rings. The van der Waals surface area contributed by atoms with Crippen molar-refractivity contribution in [3.05, 3.63) is 59.7 Å². The highest BCUT2D eigenvalue weighted by atomic mass is 16.5. The Hall–Kier alpha value is -2.49.